The SMILES string of the molecule is CC(C)[C@@H](NC(=O)OCC1c2ccccc2-c2ccccc21)C(=O)N[C@@H]1C=CC[C@@H](C(=O)O)C1. The van der Waals surface area contributed by atoms with Crippen molar-refractivity contribution < 1.29 is 24.2 Å². The largest absolute Gasteiger partial charge is 0.481 e. The molecule has 2 amide bonds. The Kier molecular flexibility index (Phi) is 7.01. The number of carbonyl (C=O) groups is 3. The predicted octanol–water partition coefficient (Wildman–Crippen LogP) is 4.09. The fraction of sp³-hybridized carbons (Fsp3) is 0.370. The minimum atomic E-state index is -0.874. The molecule has 0 aromatic heterocycles. The summed E-state index contributed by atoms with van der Waals surface area (Å²) in [4.78, 5) is 36.8. The van der Waals surface area contributed by atoms with Gasteiger partial charge in [0.1, 0.15) is 12.6 Å². The highest BCUT2D eigenvalue weighted by Gasteiger charge is 2.31. The summed E-state index contributed by atoms with van der Waals surface area (Å²) >= 11 is 0. The molecule has 0 fully saturated rings. The highest BCUT2D eigenvalue weighted by Crippen LogP contribution is 2.44. The Labute approximate surface area is 199 Å². The minimum Gasteiger partial charge on any atom is -0.481 e. The zero-order valence-electron chi connectivity index (χ0n) is 19.4. The third-order valence-electron chi connectivity index (χ3n) is 6.57. The van der Waals surface area contributed by atoms with Crippen LogP contribution in [-0.4, -0.2) is 41.8 Å². The van der Waals surface area contributed by atoms with Crippen LogP contribution in [0.5, 0.6) is 0 Å². The molecule has 0 spiro atoms. The summed E-state index contributed by atoms with van der Waals surface area (Å²) in [7, 11) is 0. The molecule has 0 unspecified atom stereocenters. The molecule has 2 aliphatic carbocycles. The van der Waals surface area contributed by atoms with Gasteiger partial charge in [0.25, 0.3) is 0 Å². The number of nitrogens with one attached hydrogen (secondary N) is 2. The summed E-state index contributed by atoms with van der Waals surface area (Å²) in [6, 6.07) is 15.0. The number of rotatable bonds is 7. The van der Waals surface area contributed by atoms with Crippen molar-refractivity contribution in [2.75, 3.05) is 6.61 Å². The van der Waals surface area contributed by atoms with Crippen molar-refractivity contribution in [1.29, 1.82) is 0 Å². The van der Waals surface area contributed by atoms with Crippen LogP contribution in [0.25, 0.3) is 11.1 Å². The first-order chi connectivity index (χ1) is 16.3. The van der Waals surface area contributed by atoms with Crippen molar-refractivity contribution >= 4 is 18.0 Å². The van der Waals surface area contributed by atoms with E-state index in [-0.39, 0.29) is 30.4 Å². The maximum atomic E-state index is 12.9. The second kappa shape index (κ2) is 10.1. The molecule has 7 nitrogen and oxygen atoms in total. The number of allylic oxidation sites excluding steroid dienone is 1. The lowest BCUT2D eigenvalue weighted by Gasteiger charge is -2.27. The number of carbonyl (C=O) groups excluding carboxylic acids is 2. The Bertz CT molecular complexity index is 1060. The predicted molar refractivity (Wildman–Crippen MR) is 128 cm³/mol. The molecule has 4 rings (SSSR count). The molecule has 2 aliphatic rings. The summed E-state index contributed by atoms with van der Waals surface area (Å²) in [5.74, 6) is -2.00. The summed E-state index contributed by atoms with van der Waals surface area (Å²) in [6.45, 7) is 3.84. The quantitative estimate of drug-likeness (QED) is 0.538. The Morgan fingerprint density at radius 3 is 2.24 bits per heavy atom. The number of amides is 2. The Morgan fingerprint density at radius 2 is 1.65 bits per heavy atom. The molecular formula is C27H30N2O5. The van der Waals surface area contributed by atoms with Gasteiger partial charge in [0.2, 0.25) is 5.91 Å². The van der Waals surface area contributed by atoms with Gasteiger partial charge in [0.15, 0.2) is 0 Å². The summed E-state index contributed by atoms with van der Waals surface area (Å²) in [5.41, 5.74) is 4.52. The lowest BCUT2D eigenvalue weighted by Crippen LogP contribution is -2.52. The molecule has 178 valence electrons. The van der Waals surface area contributed by atoms with Crippen LogP contribution in [0.15, 0.2) is 60.7 Å². The van der Waals surface area contributed by atoms with E-state index in [1.54, 1.807) is 6.08 Å². The van der Waals surface area contributed by atoms with E-state index in [1.165, 1.54) is 0 Å². The number of hydrogen-bond acceptors (Lipinski definition) is 4. The van der Waals surface area contributed by atoms with Crippen molar-refractivity contribution in [3.63, 3.8) is 0 Å². The van der Waals surface area contributed by atoms with Crippen molar-refractivity contribution in [3.05, 3.63) is 71.8 Å². The molecule has 0 bridgehead atoms. The third-order valence-corrected chi connectivity index (χ3v) is 6.57. The number of carboxylic acid groups (broad SMARTS) is 1. The first-order valence-corrected chi connectivity index (χ1v) is 11.7. The standard InChI is InChI=1S/C27H30N2O5/c1-16(2)24(25(30)28-18-9-7-8-17(14-18)26(31)32)29-27(33)34-15-23-21-12-5-3-10-19(21)20-11-4-6-13-22(20)23/h3-7,9-13,16-18,23-24H,8,14-15H2,1-2H3,(H,28,30)(H,29,33)(H,31,32)/t17-,18-,24-/m1/s1. The fourth-order valence-corrected chi connectivity index (χ4v) is 4.77. The number of benzene rings is 2. The van der Waals surface area contributed by atoms with Crippen molar-refractivity contribution in [2.45, 2.75) is 44.7 Å². The normalized spacial score (nSPS) is 19.7. The van der Waals surface area contributed by atoms with Crippen molar-refractivity contribution in [3.8, 4) is 11.1 Å². The highest BCUT2D eigenvalue weighted by molar-refractivity contribution is 5.86. The maximum absolute atomic E-state index is 12.9. The van der Waals surface area contributed by atoms with Gasteiger partial charge in [-0.15, -0.1) is 0 Å². The molecular weight excluding hydrogens is 432 g/mol. The smallest absolute Gasteiger partial charge is 0.407 e. The summed E-state index contributed by atoms with van der Waals surface area (Å²) in [5, 5.41) is 14.8. The van der Waals surface area contributed by atoms with Crippen LogP contribution >= 0.6 is 0 Å². The van der Waals surface area contributed by atoms with Gasteiger partial charge < -0.3 is 20.5 Å². The van der Waals surface area contributed by atoms with Crippen LogP contribution in [0.2, 0.25) is 0 Å². The van der Waals surface area contributed by atoms with Crippen LogP contribution in [0.1, 0.15) is 43.7 Å². The van der Waals surface area contributed by atoms with Gasteiger partial charge >= 0.3 is 12.1 Å². The maximum Gasteiger partial charge on any atom is 0.407 e. The Hall–Kier alpha value is -3.61. The lowest BCUT2D eigenvalue weighted by atomic mass is 9.90. The topological polar surface area (TPSA) is 105 Å². The van der Waals surface area contributed by atoms with Gasteiger partial charge in [0, 0.05) is 12.0 Å². The minimum absolute atomic E-state index is 0.0650. The van der Waals surface area contributed by atoms with Gasteiger partial charge in [0.05, 0.1) is 5.92 Å². The Balaban J connectivity index is 1.37. The molecule has 2 aromatic rings. The second-order valence-corrected chi connectivity index (χ2v) is 9.24. The van der Waals surface area contributed by atoms with Crippen molar-refractivity contribution in [2.24, 2.45) is 11.8 Å². The average molecular weight is 463 g/mol. The van der Waals surface area contributed by atoms with E-state index in [4.69, 9.17) is 4.74 Å². The molecule has 0 saturated heterocycles. The molecule has 3 atom stereocenters. The fourth-order valence-electron chi connectivity index (χ4n) is 4.77. The number of aliphatic carboxylic acids is 1. The molecule has 2 aromatic carbocycles. The Morgan fingerprint density at radius 1 is 1.03 bits per heavy atom. The number of ether oxygens (including phenoxy) is 1. The van der Waals surface area contributed by atoms with E-state index in [0.29, 0.717) is 12.8 Å². The summed E-state index contributed by atoms with van der Waals surface area (Å²) < 4.78 is 5.59. The second-order valence-electron chi connectivity index (χ2n) is 9.24. The van der Waals surface area contributed by atoms with Gasteiger partial charge in [-0.05, 0) is 41.0 Å². The van der Waals surface area contributed by atoms with Gasteiger partial charge in [-0.25, -0.2) is 4.79 Å². The zero-order valence-corrected chi connectivity index (χ0v) is 19.4. The molecule has 0 radical (unpaired) electrons. The first-order valence-electron chi connectivity index (χ1n) is 11.7. The molecule has 0 saturated carbocycles. The van der Waals surface area contributed by atoms with E-state index in [0.717, 1.165) is 22.3 Å². The monoisotopic (exact) mass is 462 g/mol. The number of hydrogen-bond donors (Lipinski definition) is 3. The third kappa shape index (κ3) is 4.98. The van der Waals surface area contributed by atoms with E-state index in [2.05, 4.69) is 22.8 Å². The summed E-state index contributed by atoms with van der Waals surface area (Å²) in [6.07, 6.45) is 3.71. The number of fused-ring (bicyclic) bond motifs is 3. The van der Waals surface area contributed by atoms with Crippen LogP contribution in [-0.2, 0) is 14.3 Å². The van der Waals surface area contributed by atoms with Gasteiger partial charge in [-0.3, -0.25) is 9.59 Å². The highest BCUT2D eigenvalue weighted by atomic mass is 16.5. The van der Waals surface area contributed by atoms with Gasteiger partial charge in [-0.2, -0.15) is 0 Å². The number of alkyl carbamates (subject to hydrolysis) is 1. The van der Waals surface area contributed by atoms with E-state index in [9.17, 15) is 19.5 Å². The first kappa shape index (κ1) is 23.5. The van der Waals surface area contributed by atoms with E-state index >= 15 is 0 Å². The molecule has 0 heterocycles. The van der Waals surface area contributed by atoms with E-state index < -0.39 is 24.0 Å². The van der Waals surface area contributed by atoms with E-state index in [1.807, 2.05) is 56.3 Å². The van der Waals surface area contributed by atoms with Crippen LogP contribution in [0.4, 0.5) is 4.79 Å². The molecule has 0 aliphatic heterocycles. The number of carboxylic acids is 1. The molecule has 34 heavy (non-hydrogen) atoms. The average Bonchev–Trinajstić information content (AvgIpc) is 3.15. The van der Waals surface area contributed by atoms with Crippen LogP contribution in [0, 0.1) is 11.8 Å². The lowest BCUT2D eigenvalue weighted by molar-refractivity contribution is -0.142. The zero-order chi connectivity index (χ0) is 24.2. The molecule has 3 N–H and O–H groups in total. The molecule has 7 heteroatoms. The van der Waals surface area contributed by atoms with Crippen LogP contribution < -0.4 is 10.6 Å². The van der Waals surface area contributed by atoms with Crippen LogP contribution in [0.3, 0.4) is 0 Å². The van der Waals surface area contributed by atoms with Gasteiger partial charge in [-0.1, -0.05) is 74.5 Å². The van der Waals surface area contributed by atoms with Crippen molar-refractivity contribution in [1.82, 2.24) is 10.6 Å².